The summed E-state index contributed by atoms with van der Waals surface area (Å²) in [5.74, 6) is 1.87. The summed E-state index contributed by atoms with van der Waals surface area (Å²) >= 11 is 3.58. The average Bonchev–Trinajstić information content (AvgIpc) is 2.52. The topological polar surface area (TPSA) is 21.3 Å². The average molecular weight is 354 g/mol. The molecule has 0 aliphatic heterocycles. The number of methoxy groups -OCH3 is 1. The number of hydrogen-bond donors (Lipinski definition) is 1. The summed E-state index contributed by atoms with van der Waals surface area (Å²) in [6.07, 6.45) is 11.0. The van der Waals surface area contributed by atoms with E-state index in [1.54, 1.807) is 7.11 Å². The zero-order valence-electron chi connectivity index (χ0n) is 13.3. The van der Waals surface area contributed by atoms with Crippen LogP contribution in [0.2, 0.25) is 0 Å². The lowest BCUT2D eigenvalue weighted by Gasteiger charge is -2.24. The number of benzene rings is 1. The van der Waals surface area contributed by atoms with Crippen molar-refractivity contribution in [1.82, 2.24) is 5.32 Å². The van der Waals surface area contributed by atoms with Crippen molar-refractivity contribution in [1.29, 1.82) is 0 Å². The minimum Gasteiger partial charge on any atom is -0.496 e. The Morgan fingerprint density at radius 1 is 1.29 bits per heavy atom. The molecule has 0 bridgehead atoms. The van der Waals surface area contributed by atoms with Crippen LogP contribution in [-0.2, 0) is 6.42 Å². The van der Waals surface area contributed by atoms with Gasteiger partial charge in [-0.3, -0.25) is 0 Å². The quantitative estimate of drug-likeness (QED) is 0.748. The van der Waals surface area contributed by atoms with Crippen molar-refractivity contribution in [3.63, 3.8) is 0 Å². The Morgan fingerprint density at radius 2 is 2.05 bits per heavy atom. The highest BCUT2D eigenvalue weighted by Gasteiger charge is 2.16. The van der Waals surface area contributed by atoms with Gasteiger partial charge in [0.2, 0.25) is 0 Å². The molecule has 0 saturated heterocycles. The van der Waals surface area contributed by atoms with Crippen LogP contribution in [0.1, 0.15) is 50.5 Å². The minimum atomic E-state index is 0.576. The molecule has 0 radical (unpaired) electrons. The van der Waals surface area contributed by atoms with Gasteiger partial charge in [0.25, 0.3) is 0 Å². The molecule has 1 N–H and O–H groups in total. The van der Waals surface area contributed by atoms with E-state index in [0.717, 1.165) is 22.6 Å². The van der Waals surface area contributed by atoms with Gasteiger partial charge in [0.1, 0.15) is 5.75 Å². The largest absolute Gasteiger partial charge is 0.496 e. The zero-order valence-corrected chi connectivity index (χ0v) is 14.9. The Kier molecular flexibility index (Phi) is 7.05. The van der Waals surface area contributed by atoms with Crippen molar-refractivity contribution in [2.45, 2.75) is 57.4 Å². The number of hydrogen-bond acceptors (Lipinski definition) is 2. The molecule has 1 unspecified atom stereocenters. The number of halogens is 1. The number of ether oxygens (including phenoxy) is 1. The molecule has 1 fully saturated rings. The van der Waals surface area contributed by atoms with Crippen LogP contribution in [0.3, 0.4) is 0 Å². The standard InChI is InChI=1S/C18H28BrNO/c1-20-16(10-8-14-6-4-3-5-7-14)12-15-9-11-18(21-2)17(19)13-15/h9,11,13-14,16,20H,3-8,10,12H2,1-2H3. The minimum absolute atomic E-state index is 0.576. The second-order valence-corrected chi connectivity index (χ2v) is 7.09. The van der Waals surface area contributed by atoms with Crippen molar-refractivity contribution in [2.75, 3.05) is 14.2 Å². The van der Waals surface area contributed by atoms with E-state index in [1.165, 1.54) is 50.5 Å². The Hall–Kier alpha value is -0.540. The summed E-state index contributed by atoms with van der Waals surface area (Å²) in [5.41, 5.74) is 1.37. The van der Waals surface area contributed by atoms with Crippen LogP contribution in [0.4, 0.5) is 0 Å². The fourth-order valence-corrected chi connectivity index (χ4v) is 3.97. The number of nitrogens with one attached hydrogen (secondary N) is 1. The summed E-state index contributed by atoms with van der Waals surface area (Å²) in [6, 6.07) is 6.98. The molecule has 1 aromatic rings. The lowest BCUT2D eigenvalue weighted by Crippen LogP contribution is -2.28. The predicted octanol–water partition coefficient (Wildman–Crippen LogP) is 4.95. The van der Waals surface area contributed by atoms with Crippen LogP contribution < -0.4 is 10.1 Å². The van der Waals surface area contributed by atoms with Crippen LogP contribution >= 0.6 is 15.9 Å². The summed E-state index contributed by atoms with van der Waals surface area (Å²) in [5, 5.41) is 3.49. The normalized spacial score (nSPS) is 17.7. The van der Waals surface area contributed by atoms with E-state index in [0.29, 0.717) is 6.04 Å². The molecule has 0 aromatic heterocycles. The fourth-order valence-electron chi connectivity index (χ4n) is 3.38. The van der Waals surface area contributed by atoms with Crippen molar-refractivity contribution in [3.05, 3.63) is 28.2 Å². The second-order valence-electron chi connectivity index (χ2n) is 6.24. The molecule has 1 aliphatic rings. The van der Waals surface area contributed by atoms with E-state index in [-0.39, 0.29) is 0 Å². The molecule has 1 saturated carbocycles. The fraction of sp³-hybridized carbons (Fsp3) is 0.667. The maximum Gasteiger partial charge on any atom is 0.133 e. The Labute approximate surface area is 137 Å². The monoisotopic (exact) mass is 353 g/mol. The first-order valence-corrected chi connectivity index (χ1v) is 9.02. The van der Waals surface area contributed by atoms with Gasteiger partial charge in [0, 0.05) is 6.04 Å². The molecule has 1 aliphatic carbocycles. The third kappa shape index (κ3) is 5.30. The number of rotatable bonds is 7. The van der Waals surface area contributed by atoms with E-state index in [4.69, 9.17) is 4.74 Å². The van der Waals surface area contributed by atoms with Crippen LogP contribution in [0.15, 0.2) is 22.7 Å². The van der Waals surface area contributed by atoms with Crippen molar-refractivity contribution in [2.24, 2.45) is 5.92 Å². The molecule has 3 heteroatoms. The van der Waals surface area contributed by atoms with E-state index in [1.807, 2.05) is 6.07 Å². The molecule has 1 aromatic carbocycles. The molecular weight excluding hydrogens is 326 g/mol. The third-order valence-electron chi connectivity index (χ3n) is 4.75. The van der Waals surface area contributed by atoms with Gasteiger partial charge in [-0.15, -0.1) is 0 Å². The molecule has 0 heterocycles. The summed E-state index contributed by atoms with van der Waals surface area (Å²) in [7, 11) is 3.80. The van der Waals surface area contributed by atoms with Crippen molar-refractivity contribution >= 4 is 15.9 Å². The SMILES string of the molecule is CNC(CCC1CCCCC1)Cc1ccc(OC)c(Br)c1. The van der Waals surface area contributed by atoms with Gasteiger partial charge in [0.05, 0.1) is 11.6 Å². The predicted molar refractivity (Wildman–Crippen MR) is 93.1 cm³/mol. The van der Waals surface area contributed by atoms with Gasteiger partial charge in [-0.1, -0.05) is 38.2 Å². The van der Waals surface area contributed by atoms with Gasteiger partial charge in [-0.05, 0) is 65.9 Å². The maximum atomic E-state index is 5.30. The lowest BCUT2D eigenvalue weighted by molar-refractivity contribution is 0.315. The lowest BCUT2D eigenvalue weighted by atomic mass is 9.84. The molecule has 2 rings (SSSR count). The van der Waals surface area contributed by atoms with Gasteiger partial charge in [-0.2, -0.15) is 0 Å². The van der Waals surface area contributed by atoms with E-state index in [9.17, 15) is 0 Å². The third-order valence-corrected chi connectivity index (χ3v) is 5.37. The van der Waals surface area contributed by atoms with Crippen LogP contribution in [0.5, 0.6) is 5.75 Å². The van der Waals surface area contributed by atoms with Gasteiger partial charge in [0.15, 0.2) is 0 Å². The molecule has 21 heavy (non-hydrogen) atoms. The van der Waals surface area contributed by atoms with Gasteiger partial charge < -0.3 is 10.1 Å². The highest BCUT2D eigenvalue weighted by molar-refractivity contribution is 9.10. The van der Waals surface area contributed by atoms with Crippen LogP contribution in [-0.4, -0.2) is 20.2 Å². The molecule has 0 spiro atoms. The van der Waals surface area contributed by atoms with Crippen molar-refractivity contribution in [3.8, 4) is 5.75 Å². The highest BCUT2D eigenvalue weighted by Crippen LogP contribution is 2.29. The molecule has 0 amide bonds. The van der Waals surface area contributed by atoms with Gasteiger partial charge >= 0.3 is 0 Å². The van der Waals surface area contributed by atoms with Crippen LogP contribution in [0, 0.1) is 5.92 Å². The Bertz CT molecular complexity index is 429. The summed E-state index contributed by atoms with van der Waals surface area (Å²) in [4.78, 5) is 0. The smallest absolute Gasteiger partial charge is 0.133 e. The molecule has 2 nitrogen and oxygen atoms in total. The van der Waals surface area contributed by atoms with E-state index < -0.39 is 0 Å². The summed E-state index contributed by atoms with van der Waals surface area (Å²) in [6.45, 7) is 0. The molecule has 1 atom stereocenters. The number of likely N-dealkylation sites (N-methyl/N-ethyl adjacent to an activating group) is 1. The summed E-state index contributed by atoms with van der Waals surface area (Å²) < 4.78 is 6.34. The van der Waals surface area contributed by atoms with E-state index >= 15 is 0 Å². The Balaban J connectivity index is 1.84. The maximum absolute atomic E-state index is 5.30. The van der Waals surface area contributed by atoms with E-state index in [2.05, 4.69) is 40.4 Å². The van der Waals surface area contributed by atoms with Crippen molar-refractivity contribution < 1.29 is 4.74 Å². The first-order valence-electron chi connectivity index (χ1n) is 8.22. The van der Waals surface area contributed by atoms with Crippen LogP contribution in [0.25, 0.3) is 0 Å². The molecule has 118 valence electrons. The first kappa shape index (κ1) is 16.8. The highest BCUT2D eigenvalue weighted by atomic mass is 79.9. The molecular formula is C18H28BrNO. The zero-order chi connectivity index (χ0) is 15.1. The van der Waals surface area contributed by atoms with Gasteiger partial charge in [-0.25, -0.2) is 0 Å². The Morgan fingerprint density at radius 3 is 2.67 bits per heavy atom. The first-order chi connectivity index (χ1) is 10.2. The second kappa shape index (κ2) is 8.79.